The number of hydrogen-bond donors (Lipinski definition) is 1. The van der Waals surface area contributed by atoms with Crippen molar-refractivity contribution >= 4 is 23.4 Å². The lowest BCUT2D eigenvalue weighted by Crippen LogP contribution is -2.44. The summed E-state index contributed by atoms with van der Waals surface area (Å²) in [6, 6.07) is 15.2. The van der Waals surface area contributed by atoms with E-state index in [9.17, 15) is 18.8 Å². The molecule has 2 heterocycles. The Balaban J connectivity index is 1.66. The van der Waals surface area contributed by atoms with Gasteiger partial charge in [-0.25, -0.2) is 9.18 Å². The Morgan fingerprint density at radius 2 is 1.76 bits per heavy atom. The molecule has 0 saturated carbocycles. The highest BCUT2D eigenvalue weighted by Crippen LogP contribution is 2.22. The van der Waals surface area contributed by atoms with E-state index >= 15 is 0 Å². The van der Waals surface area contributed by atoms with E-state index in [1.54, 1.807) is 25.1 Å². The van der Waals surface area contributed by atoms with Crippen LogP contribution in [-0.2, 0) is 13.1 Å². The number of benzene rings is 2. The van der Waals surface area contributed by atoms with Gasteiger partial charge >= 0.3 is 5.69 Å². The number of nitrogens with two attached hydrogens (primary N) is 1. The molecule has 0 saturated heterocycles. The number of anilines is 1. The zero-order valence-corrected chi connectivity index (χ0v) is 19.0. The van der Waals surface area contributed by atoms with Gasteiger partial charge in [-0.05, 0) is 24.6 Å². The van der Waals surface area contributed by atoms with Crippen molar-refractivity contribution in [2.45, 2.75) is 25.2 Å². The van der Waals surface area contributed by atoms with Crippen LogP contribution in [0.25, 0.3) is 5.69 Å². The molecule has 2 aromatic heterocycles. The van der Waals surface area contributed by atoms with Gasteiger partial charge in [0.25, 0.3) is 5.56 Å². The largest absolute Gasteiger partial charge is 0.384 e. The molecule has 0 unspecified atom stereocenters. The van der Waals surface area contributed by atoms with Gasteiger partial charge in [0.05, 0.1) is 18.0 Å². The Bertz CT molecular complexity index is 1460. The maximum Gasteiger partial charge on any atom is 0.332 e. The maximum atomic E-state index is 14.2. The molecule has 4 rings (SSSR count). The van der Waals surface area contributed by atoms with E-state index in [1.807, 2.05) is 30.3 Å². The fourth-order valence-electron chi connectivity index (χ4n) is 3.51. The molecule has 2 N–H and O–H groups in total. The molecule has 0 atom stereocenters. The van der Waals surface area contributed by atoms with E-state index < -0.39 is 22.8 Å². The fraction of sp³-hybridized carbons (Fsp3) is 0.174. The Kier molecular flexibility index (Phi) is 6.73. The number of hydrogen-bond acceptors (Lipinski definition) is 7. The third kappa shape index (κ3) is 4.42. The summed E-state index contributed by atoms with van der Waals surface area (Å²) in [6.45, 7) is 1.84. The molecule has 174 valence electrons. The van der Waals surface area contributed by atoms with Crippen molar-refractivity contribution in [3.05, 3.63) is 98.7 Å². The Labute approximate surface area is 197 Å². The molecule has 0 bridgehead atoms. The van der Waals surface area contributed by atoms with Crippen molar-refractivity contribution in [3.63, 3.8) is 0 Å². The number of carbonyl (C=O) groups is 1. The summed E-state index contributed by atoms with van der Waals surface area (Å²) >= 11 is 0.987. The van der Waals surface area contributed by atoms with Crippen LogP contribution in [0.5, 0.6) is 0 Å². The topological polar surface area (TPSA) is 118 Å². The second-order valence-electron chi connectivity index (χ2n) is 7.31. The second kappa shape index (κ2) is 9.87. The van der Waals surface area contributed by atoms with Crippen LogP contribution in [0.2, 0.25) is 0 Å². The van der Waals surface area contributed by atoms with E-state index in [4.69, 9.17) is 5.73 Å². The smallest absolute Gasteiger partial charge is 0.332 e. The molecule has 0 spiro atoms. The van der Waals surface area contributed by atoms with Gasteiger partial charge < -0.3 is 5.73 Å². The summed E-state index contributed by atoms with van der Waals surface area (Å²) in [5.74, 6) is -1.44. The van der Waals surface area contributed by atoms with Gasteiger partial charge in [-0.15, -0.1) is 10.2 Å². The van der Waals surface area contributed by atoms with Crippen LogP contribution in [0, 0.1) is 5.82 Å². The number of ketones is 1. The molecule has 11 heteroatoms. The highest BCUT2D eigenvalue weighted by Gasteiger charge is 2.23. The minimum Gasteiger partial charge on any atom is -0.384 e. The van der Waals surface area contributed by atoms with E-state index in [1.165, 1.54) is 21.5 Å². The van der Waals surface area contributed by atoms with Crippen molar-refractivity contribution < 1.29 is 9.18 Å². The van der Waals surface area contributed by atoms with Crippen molar-refractivity contribution in [2.24, 2.45) is 0 Å². The second-order valence-corrected chi connectivity index (χ2v) is 8.25. The number of nitrogens with zero attached hydrogens (tertiary/aromatic N) is 5. The third-order valence-electron chi connectivity index (χ3n) is 5.21. The molecule has 4 aromatic rings. The molecular formula is C23H21FN6O3S. The average molecular weight is 481 g/mol. The molecule has 2 aromatic carbocycles. The normalized spacial score (nSPS) is 11.0. The fourth-order valence-corrected chi connectivity index (χ4v) is 4.31. The summed E-state index contributed by atoms with van der Waals surface area (Å²) in [6.07, 6.45) is 1.34. The monoisotopic (exact) mass is 480 g/mol. The van der Waals surface area contributed by atoms with Gasteiger partial charge in [-0.3, -0.25) is 23.3 Å². The van der Waals surface area contributed by atoms with Crippen molar-refractivity contribution in [2.75, 3.05) is 11.5 Å². The summed E-state index contributed by atoms with van der Waals surface area (Å²) in [5, 5.41) is 8.03. The Morgan fingerprint density at radius 1 is 1.06 bits per heavy atom. The van der Waals surface area contributed by atoms with E-state index in [0.717, 1.165) is 21.9 Å². The zero-order chi connectivity index (χ0) is 24.2. The lowest BCUT2D eigenvalue weighted by molar-refractivity contribution is 0.102. The minimum absolute atomic E-state index is 0.0851. The predicted molar refractivity (Wildman–Crippen MR) is 127 cm³/mol. The van der Waals surface area contributed by atoms with Crippen LogP contribution >= 0.6 is 11.8 Å². The third-order valence-corrected chi connectivity index (χ3v) is 6.15. The van der Waals surface area contributed by atoms with Crippen LogP contribution in [-0.4, -0.2) is 35.4 Å². The lowest BCUT2D eigenvalue weighted by Gasteiger charge is -2.15. The predicted octanol–water partition coefficient (Wildman–Crippen LogP) is 2.36. The first-order valence-electron chi connectivity index (χ1n) is 10.4. The van der Waals surface area contributed by atoms with Crippen molar-refractivity contribution in [1.29, 1.82) is 0 Å². The number of Topliss-reactive ketones (excluding diaryl/α,β-unsaturated/α-hetero) is 1. The molecule has 0 radical (unpaired) electrons. The molecule has 0 fully saturated rings. The average Bonchev–Trinajstić information content (AvgIpc) is 3.30. The highest BCUT2D eigenvalue weighted by atomic mass is 32.2. The number of nitrogen functional groups attached to an aromatic ring is 1. The van der Waals surface area contributed by atoms with Crippen molar-refractivity contribution in [1.82, 2.24) is 23.9 Å². The minimum atomic E-state index is -0.740. The molecule has 0 aliphatic carbocycles. The Morgan fingerprint density at radius 3 is 2.47 bits per heavy atom. The number of rotatable bonds is 8. The SMILES string of the molecule is CCn1c(=O)c(C(=O)CSc2nncn2-c2ccccc2F)c(N)n(Cc2ccccc2)c1=O. The molecule has 34 heavy (non-hydrogen) atoms. The van der Waals surface area contributed by atoms with Crippen LogP contribution in [0.4, 0.5) is 10.2 Å². The van der Waals surface area contributed by atoms with Crippen molar-refractivity contribution in [3.8, 4) is 5.69 Å². The summed E-state index contributed by atoms with van der Waals surface area (Å²) in [4.78, 5) is 38.9. The molecular weight excluding hydrogens is 459 g/mol. The first-order valence-corrected chi connectivity index (χ1v) is 11.4. The van der Waals surface area contributed by atoms with E-state index in [-0.39, 0.29) is 41.1 Å². The van der Waals surface area contributed by atoms with Crippen LogP contribution in [0.1, 0.15) is 22.8 Å². The first kappa shape index (κ1) is 23.2. The summed E-state index contributed by atoms with van der Waals surface area (Å²) in [7, 11) is 0. The summed E-state index contributed by atoms with van der Waals surface area (Å²) in [5.41, 5.74) is 5.62. The van der Waals surface area contributed by atoms with Gasteiger partial charge in [0.2, 0.25) is 0 Å². The number of para-hydroxylation sites is 1. The van der Waals surface area contributed by atoms with Gasteiger partial charge in [0, 0.05) is 6.54 Å². The van der Waals surface area contributed by atoms with Crippen LogP contribution in [0.15, 0.2) is 75.7 Å². The van der Waals surface area contributed by atoms with Crippen LogP contribution in [0.3, 0.4) is 0 Å². The number of halogens is 1. The number of thioether (sulfide) groups is 1. The zero-order valence-electron chi connectivity index (χ0n) is 18.2. The van der Waals surface area contributed by atoms with Gasteiger partial charge in [0.15, 0.2) is 10.9 Å². The summed E-state index contributed by atoms with van der Waals surface area (Å²) < 4.78 is 17.8. The highest BCUT2D eigenvalue weighted by molar-refractivity contribution is 7.99. The number of aromatic nitrogens is 5. The Hall–Kier alpha value is -3.99. The van der Waals surface area contributed by atoms with Crippen LogP contribution < -0.4 is 17.0 Å². The van der Waals surface area contributed by atoms with Gasteiger partial charge in [-0.1, -0.05) is 54.2 Å². The molecule has 9 nitrogen and oxygen atoms in total. The first-order chi connectivity index (χ1) is 16.4. The quantitative estimate of drug-likeness (QED) is 0.304. The molecule has 0 aliphatic heterocycles. The van der Waals surface area contributed by atoms with E-state index in [2.05, 4.69) is 10.2 Å². The van der Waals surface area contributed by atoms with Gasteiger partial charge in [0.1, 0.15) is 23.5 Å². The van der Waals surface area contributed by atoms with Gasteiger partial charge in [-0.2, -0.15) is 0 Å². The standard InChI is InChI=1S/C23H21FN6O3S/c1-2-28-21(32)19(20(25)29(23(28)33)12-15-8-4-3-5-9-15)18(31)13-34-22-27-26-14-30(22)17-11-7-6-10-16(17)24/h3-11,14H,2,12-13,25H2,1H3. The molecule has 0 aliphatic rings. The lowest BCUT2D eigenvalue weighted by atomic mass is 10.2. The maximum absolute atomic E-state index is 14.2. The number of carbonyl (C=O) groups excluding carboxylic acids is 1. The van der Waals surface area contributed by atoms with E-state index in [0.29, 0.717) is 0 Å². The molecule has 0 amide bonds.